The largest absolute Gasteiger partial charge is 0.544 e. The summed E-state index contributed by atoms with van der Waals surface area (Å²) >= 11 is 0. The third-order valence-electron chi connectivity index (χ3n) is 7.04. The number of quaternary nitrogens is 1. The summed E-state index contributed by atoms with van der Waals surface area (Å²) in [5, 5.41) is 30.8. The van der Waals surface area contributed by atoms with Crippen molar-refractivity contribution in [3.63, 3.8) is 0 Å². The van der Waals surface area contributed by atoms with Crippen molar-refractivity contribution in [2.24, 2.45) is 0 Å². The normalized spacial score (nSPS) is 16.2. The molecular weight excluding hydrogens is 422 g/mol. The molecule has 3 unspecified atom stereocenters. The summed E-state index contributed by atoms with van der Waals surface area (Å²) in [4.78, 5) is 35.1. The fraction of sp³-hybridized carbons (Fsp3) is 0.808. The Morgan fingerprint density at radius 3 is 1.45 bits per heavy atom. The van der Waals surface area contributed by atoms with Gasteiger partial charge in [0.2, 0.25) is 0 Å². The Bertz CT molecular complexity index is 553. The van der Waals surface area contributed by atoms with Crippen molar-refractivity contribution in [2.75, 3.05) is 6.54 Å². The highest BCUT2D eigenvalue weighted by Crippen LogP contribution is 2.27. The van der Waals surface area contributed by atoms with Gasteiger partial charge in [0.05, 0.1) is 12.5 Å². The predicted octanol–water partition coefficient (Wildman–Crippen LogP) is 4.54. The van der Waals surface area contributed by atoms with E-state index in [1.807, 2.05) is 0 Å². The quantitative estimate of drug-likeness (QED) is 0.145. The molecule has 7 nitrogen and oxygen atoms in total. The zero-order chi connectivity index (χ0) is 25.3. The summed E-state index contributed by atoms with van der Waals surface area (Å²) in [6, 6.07) is -3.55. The minimum absolute atomic E-state index is 0.184. The van der Waals surface area contributed by atoms with Crippen LogP contribution in [0.2, 0.25) is 0 Å². The second kappa shape index (κ2) is 17.6. The average molecular weight is 470 g/mol. The number of carboxylic acids is 3. The molecule has 0 aromatic rings. The van der Waals surface area contributed by atoms with Crippen LogP contribution in [0, 0.1) is 0 Å². The number of aliphatic carboxylic acids is 3. The smallest absolute Gasteiger partial charge is 0.362 e. The molecule has 0 saturated heterocycles. The predicted molar refractivity (Wildman–Crippen MR) is 129 cm³/mol. The lowest BCUT2D eigenvalue weighted by Gasteiger charge is -2.49. The Labute approximate surface area is 200 Å². The first kappa shape index (κ1) is 31.1. The van der Waals surface area contributed by atoms with Crippen LogP contribution in [0.15, 0.2) is 12.2 Å². The van der Waals surface area contributed by atoms with Gasteiger partial charge in [-0.2, -0.15) is 0 Å². The molecule has 0 rings (SSSR count). The van der Waals surface area contributed by atoms with E-state index in [0.29, 0.717) is 6.42 Å². The zero-order valence-electron chi connectivity index (χ0n) is 21.3. The van der Waals surface area contributed by atoms with E-state index in [1.54, 1.807) is 0 Å². The van der Waals surface area contributed by atoms with E-state index in [4.69, 9.17) is 0 Å². The second-order valence-electron chi connectivity index (χ2n) is 9.30. The van der Waals surface area contributed by atoms with Gasteiger partial charge in [0.25, 0.3) is 0 Å². The van der Waals surface area contributed by atoms with E-state index in [9.17, 15) is 29.7 Å². The molecule has 33 heavy (non-hydrogen) atoms. The van der Waals surface area contributed by atoms with Crippen LogP contribution in [0.25, 0.3) is 0 Å². The summed E-state index contributed by atoms with van der Waals surface area (Å²) < 4.78 is -0.540. The van der Waals surface area contributed by atoms with Crippen LogP contribution >= 0.6 is 0 Å². The van der Waals surface area contributed by atoms with Gasteiger partial charge in [-0.25, -0.2) is 9.59 Å². The van der Waals surface area contributed by atoms with E-state index < -0.39 is 40.5 Å². The van der Waals surface area contributed by atoms with Crippen molar-refractivity contribution in [3.8, 4) is 0 Å². The fourth-order valence-electron chi connectivity index (χ4n) is 4.72. The van der Waals surface area contributed by atoms with Crippen molar-refractivity contribution in [2.45, 2.75) is 129 Å². The van der Waals surface area contributed by atoms with Crippen molar-refractivity contribution < 1.29 is 34.2 Å². The van der Waals surface area contributed by atoms with E-state index in [-0.39, 0.29) is 6.54 Å². The molecule has 0 amide bonds. The van der Waals surface area contributed by atoms with Gasteiger partial charge in [0, 0.05) is 0 Å². The maximum atomic E-state index is 11.7. The summed E-state index contributed by atoms with van der Waals surface area (Å²) in [5.74, 6) is -3.82. The van der Waals surface area contributed by atoms with Gasteiger partial charge in [0.1, 0.15) is 6.04 Å². The first-order chi connectivity index (χ1) is 15.6. The van der Waals surface area contributed by atoms with Gasteiger partial charge < -0.3 is 20.1 Å². The number of nitrogens with zero attached hydrogens (tertiary/aromatic N) is 1. The summed E-state index contributed by atoms with van der Waals surface area (Å²) in [6.07, 6.45) is 19.0. The molecule has 3 atom stereocenters. The van der Waals surface area contributed by atoms with Gasteiger partial charge in [-0.15, -0.1) is 0 Å². The maximum absolute atomic E-state index is 11.7. The minimum Gasteiger partial charge on any atom is -0.544 e. The second-order valence-corrected chi connectivity index (χ2v) is 9.30. The molecule has 0 aliphatic carbocycles. The Balaban J connectivity index is 4.40. The van der Waals surface area contributed by atoms with Crippen LogP contribution in [0.5, 0.6) is 0 Å². The highest BCUT2D eigenvalue weighted by Gasteiger charge is 2.50. The lowest BCUT2D eigenvalue weighted by molar-refractivity contribution is -0.969. The Morgan fingerprint density at radius 1 is 0.697 bits per heavy atom. The lowest BCUT2D eigenvalue weighted by atomic mass is 10.00. The Morgan fingerprint density at radius 2 is 1.09 bits per heavy atom. The highest BCUT2D eigenvalue weighted by molar-refractivity contribution is 5.76. The van der Waals surface area contributed by atoms with Crippen molar-refractivity contribution in [1.29, 1.82) is 0 Å². The first-order valence-corrected chi connectivity index (χ1v) is 12.8. The molecule has 0 aromatic carbocycles. The number of hydrogen-bond donors (Lipinski definition) is 2. The molecule has 0 saturated carbocycles. The topological polar surface area (TPSA) is 115 Å². The van der Waals surface area contributed by atoms with Crippen molar-refractivity contribution >= 4 is 17.9 Å². The van der Waals surface area contributed by atoms with Crippen LogP contribution in [-0.4, -0.2) is 57.3 Å². The number of rotatable bonds is 21. The molecule has 2 N–H and O–H groups in total. The first-order valence-electron chi connectivity index (χ1n) is 12.8. The molecule has 0 spiro atoms. The molecule has 0 aliphatic heterocycles. The molecule has 0 aliphatic rings. The van der Waals surface area contributed by atoms with Crippen molar-refractivity contribution in [1.82, 2.24) is 0 Å². The van der Waals surface area contributed by atoms with Crippen LogP contribution in [0.1, 0.15) is 111 Å². The molecule has 0 fully saturated rings. The van der Waals surface area contributed by atoms with Gasteiger partial charge in [-0.3, -0.25) is 4.48 Å². The number of hydrogen-bond acceptors (Lipinski definition) is 4. The molecule has 0 heterocycles. The summed E-state index contributed by atoms with van der Waals surface area (Å²) in [7, 11) is 0. The highest BCUT2D eigenvalue weighted by atomic mass is 16.4. The van der Waals surface area contributed by atoms with E-state index in [1.165, 1.54) is 65.7 Å². The molecule has 0 radical (unpaired) electrons. The number of carbonyl (C=O) groups is 3. The summed E-state index contributed by atoms with van der Waals surface area (Å²) in [5.41, 5.74) is 0. The third kappa shape index (κ3) is 11.2. The van der Waals surface area contributed by atoms with Crippen LogP contribution in [0.4, 0.5) is 0 Å². The van der Waals surface area contributed by atoms with E-state index >= 15 is 0 Å². The maximum Gasteiger partial charge on any atom is 0.362 e. The zero-order valence-corrected chi connectivity index (χ0v) is 21.3. The molecular formula is C26H47NO6. The number of allylic oxidation sites excluding steroid dienone is 2. The lowest BCUT2D eigenvalue weighted by Crippen LogP contribution is -2.72. The summed E-state index contributed by atoms with van der Waals surface area (Å²) in [6.45, 7) is 6.48. The standard InChI is InChI=1S/C26H47NO6/c1-5-6-7-8-9-10-11-12-13-14-15-16-17-18-19-20-27(21(2)24(28)29,22(3)25(30)31)23(4)26(32)33/h6-7,21-23H,5,8-20H2,1-4H3,(H2-,28,29,30,31,32,33)/b7-6+. The van der Waals surface area contributed by atoms with Crippen LogP contribution in [-0.2, 0) is 14.4 Å². The van der Waals surface area contributed by atoms with Crippen LogP contribution in [0.3, 0.4) is 0 Å². The van der Waals surface area contributed by atoms with E-state index in [2.05, 4.69) is 19.1 Å². The Kier molecular flexibility index (Phi) is 16.6. The van der Waals surface area contributed by atoms with Crippen LogP contribution < -0.4 is 5.11 Å². The van der Waals surface area contributed by atoms with E-state index in [0.717, 1.165) is 32.1 Å². The third-order valence-corrected chi connectivity index (χ3v) is 7.04. The molecule has 0 aromatic heterocycles. The SMILES string of the molecule is CC/C=C/CCCCCCCCCCCCC[N+](C(C)C(=O)[O-])(C(C)C(=O)O)C(C)C(=O)O. The molecule has 192 valence electrons. The fourth-order valence-corrected chi connectivity index (χ4v) is 4.72. The van der Waals surface area contributed by atoms with Gasteiger partial charge >= 0.3 is 11.9 Å². The molecule has 0 bridgehead atoms. The molecule has 7 heteroatoms. The van der Waals surface area contributed by atoms with Crippen molar-refractivity contribution in [3.05, 3.63) is 12.2 Å². The monoisotopic (exact) mass is 469 g/mol. The average Bonchev–Trinajstić information content (AvgIpc) is 2.77. The van der Waals surface area contributed by atoms with Gasteiger partial charge in [0.15, 0.2) is 12.1 Å². The minimum atomic E-state index is -1.42. The Hall–Kier alpha value is -1.89. The number of carboxylic acid groups (broad SMARTS) is 3. The van der Waals surface area contributed by atoms with Gasteiger partial charge in [-0.05, 0) is 52.9 Å². The number of unbranched alkanes of at least 4 members (excludes halogenated alkanes) is 11. The number of carbonyl (C=O) groups excluding carboxylic acids is 1. The van der Waals surface area contributed by atoms with Gasteiger partial charge in [-0.1, -0.05) is 70.4 Å².